The van der Waals surface area contributed by atoms with Gasteiger partial charge in [0.25, 0.3) is 5.91 Å². The molecule has 0 aromatic carbocycles. The van der Waals surface area contributed by atoms with E-state index >= 15 is 0 Å². The van der Waals surface area contributed by atoms with Gasteiger partial charge >= 0.3 is 5.97 Å². The number of aryl methyl sites for hydroxylation is 2. The van der Waals surface area contributed by atoms with Gasteiger partial charge in [0, 0.05) is 11.4 Å². The fourth-order valence-electron chi connectivity index (χ4n) is 5.89. The van der Waals surface area contributed by atoms with E-state index in [1.54, 1.807) is 6.92 Å². The van der Waals surface area contributed by atoms with Crippen molar-refractivity contribution < 1.29 is 14.3 Å². The molecule has 0 fully saturated rings. The first kappa shape index (κ1) is 30.5. The third-order valence-electron chi connectivity index (χ3n) is 8.61. The third-order valence-corrected chi connectivity index (χ3v) is 10.5. The number of carbonyl (C=O) groups is 2. The van der Waals surface area contributed by atoms with Gasteiger partial charge in [-0.05, 0) is 91.4 Å². The van der Waals surface area contributed by atoms with Crippen LogP contribution in [0.2, 0.25) is 0 Å². The molecule has 224 valence electrons. The maximum Gasteiger partial charge on any atom is 0.367 e. The Morgan fingerprint density at radius 2 is 1.26 bits per heavy atom. The van der Waals surface area contributed by atoms with E-state index in [-0.39, 0.29) is 5.97 Å². The molecule has 0 aliphatic heterocycles. The number of primary amides is 1. The van der Waals surface area contributed by atoms with Crippen LogP contribution in [0.25, 0.3) is 20.7 Å². The molecular formula is C32H41N5O3S2. The van der Waals surface area contributed by atoms with Gasteiger partial charge in [-0.1, -0.05) is 64.2 Å². The number of fused-ring (bicyclic) bond motifs is 4. The van der Waals surface area contributed by atoms with Gasteiger partial charge in [0.05, 0.1) is 6.61 Å². The van der Waals surface area contributed by atoms with Crippen LogP contribution in [-0.2, 0) is 30.4 Å². The molecule has 8 nitrogen and oxygen atoms in total. The largest absolute Gasteiger partial charge is 0.461 e. The van der Waals surface area contributed by atoms with Crippen molar-refractivity contribution in [3.63, 3.8) is 0 Å². The second kappa shape index (κ2) is 11.6. The second-order valence-corrected chi connectivity index (χ2v) is 15.5. The first-order valence-electron chi connectivity index (χ1n) is 14.8. The topological polar surface area (TPSA) is 121 Å². The summed E-state index contributed by atoms with van der Waals surface area (Å²) in [4.78, 5) is 42.8. The Kier molecular flexibility index (Phi) is 8.42. The summed E-state index contributed by atoms with van der Waals surface area (Å²) in [5, 5.41) is 0.751. The highest BCUT2D eigenvalue weighted by molar-refractivity contribution is 7.20. The highest BCUT2D eigenvalue weighted by Gasteiger charge is 2.31. The molecular weight excluding hydrogens is 567 g/mol. The number of rotatable bonds is 3. The number of nitrogens with zero attached hydrogens (tertiary/aromatic N) is 4. The Balaban J connectivity index is 0.000000169. The minimum atomic E-state index is -0.474. The average Bonchev–Trinajstić information content (AvgIpc) is 3.53. The molecule has 2 unspecified atom stereocenters. The smallest absolute Gasteiger partial charge is 0.367 e. The molecule has 4 aromatic rings. The number of amides is 1. The van der Waals surface area contributed by atoms with Crippen LogP contribution in [0, 0.1) is 22.7 Å². The summed E-state index contributed by atoms with van der Waals surface area (Å²) >= 11 is 2.62. The fraction of sp³-hybridized carbons (Fsp3) is 0.562. The van der Waals surface area contributed by atoms with E-state index in [4.69, 9.17) is 15.5 Å². The first-order chi connectivity index (χ1) is 19.7. The molecule has 2 aliphatic carbocycles. The zero-order valence-corrected chi connectivity index (χ0v) is 27.3. The Labute approximate surface area is 255 Å². The third kappa shape index (κ3) is 6.49. The van der Waals surface area contributed by atoms with E-state index < -0.39 is 5.91 Å². The number of aromatic nitrogens is 4. The molecule has 10 heteroatoms. The minimum Gasteiger partial charge on any atom is -0.461 e. The van der Waals surface area contributed by atoms with E-state index in [1.807, 2.05) is 0 Å². The van der Waals surface area contributed by atoms with Crippen LogP contribution in [0.4, 0.5) is 0 Å². The van der Waals surface area contributed by atoms with Crippen LogP contribution in [0.1, 0.15) is 103 Å². The predicted octanol–water partition coefficient (Wildman–Crippen LogP) is 6.96. The molecule has 4 aromatic heterocycles. The van der Waals surface area contributed by atoms with Crippen molar-refractivity contribution >= 4 is 55.2 Å². The minimum absolute atomic E-state index is 0.310. The van der Waals surface area contributed by atoms with Crippen LogP contribution in [-0.4, -0.2) is 38.4 Å². The quantitative estimate of drug-likeness (QED) is 0.250. The number of thiazole rings is 2. The molecule has 0 spiro atoms. The lowest BCUT2D eigenvalue weighted by molar-refractivity contribution is 0.0526. The lowest BCUT2D eigenvalue weighted by Gasteiger charge is -2.34. The highest BCUT2D eigenvalue weighted by atomic mass is 32.1. The Morgan fingerprint density at radius 3 is 1.69 bits per heavy atom. The molecule has 0 radical (unpaired) electrons. The van der Waals surface area contributed by atoms with Crippen LogP contribution < -0.4 is 5.73 Å². The molecule has 2 N–H and O–H groups in total. The van der Waals surface area contributed by atoms with Gasteiger partial charge in [-0.25, -0.2) is 24.7 Å². The normalized spacial score (nSPS) is 18.6. The van der Waals surface area contributed by atoms with Crippen molar-refractivity contribution in [2.75, 3.05) is 6.61 Å². The molecule has 0 bridgehead atoms. The SMILES string of the molecule is CC(C)(C)C1CCc2nc3sc(C(N)=O)nc3cc2C1.CCOC(=O)c1nc2cc3c(nc2s1)CCC(C(C)(C)C)C3. The maximum absolute atomic E-state index is 11.8. The summed E-state index contributed by atoms with van der Waals surface area (Å²) in [7, 11) is 0. The lowest BCUT2D eigenvalue weighted by atomic mass is 9.71. The summed E-state index contributed by atoms with van der Waals surface area (Å²) in [6.45, 7) is 16.0. The summed E-state index contributed by atoms with van der Waals surface area (Å²) in [5.74, 6) is 0.514. The van der Waals surface area contributed by atoms with Crippen molar-refractivity contribution in [3.8, 4) is 0 Å². The Morgan fingerprint density at radius 1 is 0.810 bits per heavy atom. The summed E-state index contributed by atoms with van der Waals surface area (Å²) in [6, 6.07) is 4.22. The van der Waals surface area contributed by atoms with Gasteiger partial charge < -0.3 is 10.5 Å². The number of hydrogen-bond acceptors (Lipinski definition) is 9. The van der Waals surface area contributed by atoms with Crippen molar-refractivity contribution in [1.82, 2.24) is 19.9 Å². The fourth-order valence-corrected chi connectivity index (χ4v) is 7.52. The van der Waals surface area contributed by atoms with Gasteiger partial charge in [-0.3, -0.25) is 4.79 Å². The monoisotopic (exact) mass is 607 g/mol. The number of pyridine rings is 2. The zero-order valence-electron chi connectivity index (χ0n) is 25.7. The summed E-state index contributed by atoms with van der Waals surface area (Å²) in [5.41, 5.74) is 12.4. The molecule has 6 rings (SSSR count). The highest BCUT2D eigenvalue weighted by Crippen LogP contribution is 2.39. The Bertz CT molecular complexity index is 1640. The lowest BCUT2D eigenvalue weighted by Crippen LogP contribution is -2.27. The number of nitrogens with two attached hydrogens (primary N) is 1. The first-order valence-corrected chi connectivity index (χ1v) is 16.4. The molecule has 2 aliphatic rings. The van der Waals surface area contributed by atoms with E-state index in [0.29, 0.717) is 39.3 Å². The van der Waals surface area contributed by atoms with E-state index in [1.165, 1.54) is 52.3 Å². The zero-order chi connectivity index (χ0) is 30.4. The molecule has 1 amide bonds. The maximum atomic E-state index is 11.8. The van der Waals surface area contributed by atoms with Gasteiger partial charge in [-0.2, -0.15) is 0 Å². The molecule has 4 heterocycles. The van der Waals surface area contributed by atoms with Gasteiger partial charge in [-0.15, -0.1) is 0 Å². The van der Waals surface area contributed by atoms with Gasteiger partial charge in [0.1, 0.15) is 20.7 Å². The number of carbonyl (C=O) groups excluding carboxylic acids is 2. The van der Waals surface area contributed by atoms with Crippen LogP contribution in [0.5, 0.6) is 0 Å². The molecule has 2 atom stereocenters. The van der Waals surface area contributed by atoms with Crippen LogP contribution >= 0.6 is 22.7 Å². The summed E-state index contributed by atoms with van der Waals surface area (Å²) < 4.78 is 5.03. The van der Waals surface area contributed by atoms with Gasteiger partial charge in [0.2, 0.25) is 5.01 Å². The Hall–Kier alpha value is -2.98. The number of esters is 1. The van der Waals surface area contributed by atoms with E-state index in [9.17, 15) is 9.59 Å². The molecule has 42 heavy (non-hydrogen) atoms. The standard InChI is InChI=1S/C17H22N2O2S.C15H19N3OS/c1-5-21-16(20)15-19-13-9-10-8-11(17(2,3)4)6-7-12(10)18-14(13)22-15;1-15(2,3)9-4-5-10-8(6-9)7-11-13(17-10)20-14(18-11)12(16)19/h9,11H,5-8H2,1-4H3;7,9H,4-6H2,1-3H3,(H2,16,19). The van der Waals surface area contributed by atoms with Crippen molar-refractivity contribution in [2.45, 2.75) is 87.0 Å². The van der Waals surface area contributed by atoms with Crippen molar-refractivity contribution in [2.24, 2.45) is 28.4 Å². The van der Waals surface area contributed by atoms with Crippen molar-refractivity contribution in [3.05, 3.63) is 44.7 Å². The number of ether oxygens (including phenoxy) is 1. The number of hydrogen-bond donors (Lipinski definition) is 1. The van der Waals surface area contributed by atoms with Crippen molar-refractivity contribution in [1.29, 1.82) is 0 Å². The van der Waals surface area contributed by atoms with E-state index in [0.717, 1.165) is 52.1 Å². The van der Waals surface area contributed by atoms with Crippen LogP contribution in [0.15, 0.2) is 12.1 Å². The van der Waals surface area contributed by atoms with Gasteiger partial charge in [0.15, 0.2) is 5.01 Å². The molecule has 0 saturated carbocycles. The molecule has 0 saturated heterocycles. The average molecular weight is 608 g/mol. The van der Waals surface area contributed by atoms with Crippen LogP contribution in [0.3, 0.4) is 0 Å². The summed E-state index contributed by atoms with van der Waals surface area (Å²) in [6.07, 6.45) is 6.48. The predicted molar refractivity (Wildman–Crippen MR) is 169 cm³/mol. The van der Waals surface area contributed by atoms with E-state index in [2.05, 4.69) is 68.6 Å². The second-order valence-electron chi connectivity index (χ2n) is 13.6.